The van der Waals surface area contributed by atoms with Crippen molar-refractivity contribution in [2.75, 3.05) is 11.9 Å². The minimum Gasteiger partial charge on any atom is -0.378 e. The molecule has 23 heavy (non-hydrogen) atoms. The van der Waals surface area contributed by atoms with Gasteiger partial charge >= 0.3 is 0 Å². The highest BCUT2D eigenvalue weighted by molar-refractivity contribution is 5.95. The van der Waals surface area contributed by atoms with Crippen LogP contribution in [0.2, 0.25) is 0 Å². The van der Waals surface area contributed by atoms with Gasteiger partial charge < -0.3 is 15.8 Å². The van der Waals surface area contributed by atoms with E-state index in [2.05, 4.69) is 20.5 Å². The van der Waals surface area contributed by atoms with Crippen LogP contribution in [0.25, 0.3) is 11.4 Å². The van der Waals surface area contributed by atoms with Gasteiger partial charge in [-0.05, 0) is 37.6 Å². The lowest BCUT2D eigenvalue weighted by molar-refractivity contribution is -0.118. The van der Waals surface area contributed by atoms with Crippen molar-refractivity contribution in [2.45, 2.75) is 26.0 Å². The van der Waals surface area contributed by atoms with Crippen LogP contribution < -0.4 is 11.1 Å². The SMILES string of the molecule is CCOC1CC1C(=O)Nc1ccc(-c2n[nH]c(CN)n2)cc1.Cl. The molecule has 1 aromatic heterocycles. The van der Waals surface area contributed by atoms with Gasteiger partial charge in [-0.3, -0.25) is 9.89 Å². The van der Waals surface area contributed by atoms with Crippen molar-refractivity contribution in [2.24, 2.45) is 11.7 Å². The van der Waals surface area contributed by atoms with Crippen molar-refractivity contribution in [1.82, 2.24) is 15.2 Å². The van der Waals surface area contributed by atoms with Gasteiger partial charge in [0.15, 0.2) is 5.82 Å². The Bertz CT molecular complexity index is 658. The molecule has 8 heteroatoms. The number of aromatic amines is 1. The fraction of sp³-hybridized carbons (Fsp3) is 0.400. The Kier molecular flexibility index (Phi) is 5.70. The molecule has 1 aliphatic rings. The number of carbonyl (C=O) groups is 1. The summed E-state index contributed by atoms with van der Waals surface area (Å²) in [5.74, 6) is 1.22. The summed E-state index contributed by atoms with van der Waals surface area (Å²) in [5, 5.41) is 9.77. The number of nitrogens with zero attached hydrogens (tertiary/aromatic N) is 2. The van der Waals surface area contributed by atoms with Crippen molar-refractivity contribution in [3.8, 4) is 11.4 Å². The number of benzene rings is 1. The van der Waals surface area contributed by atoms with Crippen LogP contribution in [0.5, 0.6) is 0 Å². The first-order chi connectivity index (χ1) is 10.7. The summed E-state index contributed by atoms with van der Waals surface area (Å²) in [6, 6.07) is 7.41. The minimum atomic E-state index is -0.0280. The number of anilines is 1. The summed E-state index contributed by atoms with van der Waals surface area (Å²) in [7, 11) is 0. The van der Waals surface area contributed by atoms with Crippen LogP contribution in [0.3, 0.4) is 0 Å². The van der Waals surface area contributed by atoms with Gasteiger partial charge in [-0.1, -0.05) is 0 Å². The third-order valence-corrected chi connectivity index (χ3v) is 3.59. The highest BCUT2D eigenvalue weighted by Crippen LogP contribution is 2.34. The fourth-order valence-electron chi connectivity index (χ4n) is 2.30. The number of H-pyrrole nitrogens is 1. The zero-order valence-corrected chi connectivity index (χ0v) is 13.6. The van der Waals surface area contributed by atoms with E-state index in [-0.39, 0.29) is 30.3 Å². The number of hydrogen-bond donors (Lipinski definition) is 3. The number of ether oxygens (including phenoxy) is 1. The molecule has 2 atom stereocenters. The third kappa shape index (κ3) is 4.07. The van der Waals surface area contributed by atoms with E-state index in [0.29, 0.717) is 24.8 Å². The van der Waals surface area contributed by atoms with Crippen molar-refractivity contribution in [3.05, 3.63) is 30.1 Å². The van der Waals surface area contributed by atoms with Crippen LogP contribution in [0.4, 0.5) is 5.69 Å². The largest absolute Gasteiger partial charge is 0.378 e. The number of amides is 1. The summed E-state index contributed by atoms with van der Waals surface area (Å²) in [6.45, 7) is 2.90. The van der Waals surface area contributed by atoms with Crippen LogP contribution in [-0.2, 0) is 16.1 Å². The molecule has 1 aromatic carbocycles. The van der Waals surface area contributed by atoms with Crippen molar-refractivity contribution < 1.29 is 9.53 Å². The molecule has 0 aliphatic heterocycles. The fourth-order valence-corrected chi connectivity index (χ4v) is 2.30. The molecule has 2 aromatic rings. The van der Waals surface area contributed by atoms with E-state index in [1.165, 1.54) is 0 Å². The zero-order valence-electron chi connectivity index (χ0n) is 12.8. The van der Waals surface area contributed by atoms with E-state index in [1.54, 1.807) is 0 Å². The lowest BCUT2D eigenvalue weighted by atomic mass is 10.2. The molecule has 0 bridgehead atoms. The highest BCUT2D eigenvalue weighted by atomic mass is 35.5. The Hall–Kier alpha value is -1.96. The summed E-state index contributed by atoms with van der Waals surface area (Å²) >= 11 is 0. The van der Waals surface area contributed by atoms with Gasteiger partial charge in [0, 0.05) is 17.9 Å². The van der Waals surface area contributed by atoms with Crippen LogP contribution in [-0.4, -0.2) is 33.8 Å². The van der Waals surface area contributed by atoms with Gasteiger partial charge in [0.1, 0.15) is 5.82 Å². The number of aromatic nitrogens is 3. The predicted molar refractivity (Wildman–Crippen MR) is 89.1 cm³/mol. The number of hydrogen-bond acceptors (Lipinski definition) is 5. The van der Waals surface area contributed by atoms with Gasteiger partial charge in [-0.25, -0.2) is 4.98 Å². The van der Waals surface area contributed by atoms with Gasteiger partial charge in [-0.2, -0.15) is 5.10 Å². The van der Waals surface area contributed by atoms with E-state index in [9.17, 15) is 4.79 Å². The van der Waals surface area contributed by atoms with E-state index < -0.39 is 0 Å². The van der Waals surface area contributed by atoms with E-state index >= 15 is 0 Å². The van der Waals surface area contributed by atoms with E-state index in [4.69, 9.17) is 10.5 Å². The van der Waals surface area contributed by atoms with Crippen molar-refractivity contribution in [3.63, 3.8) is 0 Å². The maximum atomic E-state index is 12.0. The lowest BCUT2D eigenvalue weighted by Crippen LogP contribution is -2.16. The quantitative estimate of drug-likeness (QED) is 0.744. The topological polar surface area (TPSA) is 106 Å². The maximum Gasteiger partial charge on any atom is 0.230 e. The molecule has 1 heterocycles. The molecule has 1 fully saturated rings. The van der Waals surface area contributed by atoms with Crippen LogP contribution in [0.1, 0.15) is 19.2 Å². The number of halogens is 1. The average Bonchev–Trinajstić information content (AvgIpc) is 3.14. The molecule has 3 rings (SSSR count). The Morgan fingerprint density at radius 1 is 1.43 bits per heavy atom. The van der Waals surface area contributed by atoms with Gasteiger partial charge in [-0.15, -0.1) is 12.4 Å². The second-order valence-electron chi connectivity index (χ2n) is 5.21. The molecule has 0 spiro atoms. The Morgan fingerprint density at radius 2 is 2.17 bits per heavy atom. The number of rotatable bonds is 6. The summed E-state index contributed by atoms with van der Waals surface area (Å²) in [5.41, 5.74) is 7.12. The first kappa shape index (κ1) is 17.4. The number of nitrogens with one attached hydrogen (secondary N) is 2. The smallest absolute Gasteiger partial charge is 0.230 e. The normalized spacial score (nSPS) is 19.0. The van der Waals surface area contributed by atoms with Crippen LogP contribution in [0, 0.1) is 5.92 Å². The second kappa shape index (κ2) is 7.54. The Balaban J connectivity index is 0.00000192. The summed E-state index contributed by atoms with van der Waals surface area (Å²) in [4.78, 5) is 16.3. The standard InChI is InChI=1S/C15H19N5O2.ClH/c1-2-22-12-7-11(12)15(21)17-10-5-3-9(4-6-10)14-18-13(8-16)19-20-14;/h3-6,11-12H,2,7-8,16H2,1H3,(H,17,21)(H,18,19,20);1H. The lowest BCUT2D eigenvalue weighted by Gasteiger charge is -2.05. The monoisotopic (exact) mass is 337 g/mol. The first-order valence-electron chi connectivity index (χ1n) is 7.35. The number of nitrogens with two attached hydrogens (primary N) is 1. The molecule has 0 radical (unpaired) electrons. The second-order valence-corrected chi connectivity index (χ2v) is 5.21. The average molecular weight is 338 g/mol. The first-order valence-corrected chi connectivity index (χ1v) is 7.35. The van der Waals surface area contributed by atoms with Crippen LogP contribution in [0.15, 0.2) is 24.3 Å². The van der Waals surface area contributed by atoms with Crippen molar-refractivity contribution >= 4 is 24.0 Å². The zero-order chi connectivity index (χ0) is 15.5. The summed E-state index contributed by atoms with van der Waals surface area (Å²) in [6.07, 6.45) is 0.879. The highest BCUT2D eigenvalue weighted by Gasteiger charge is 2.43. The van der Waals surface area contributed by atoms with E-state index in [1.807, 2.05) is 31.2 Å². The molecular formula is C15H20ClN5O2. The molecule has 1 amide bonds. The van der Waals surface area contributed by atoms with Gasteiger partial charge in [0.25, 0.3) is 0 Å². The van der Waals surface area contributed by atoms with Crippen LogP contribution >= 0.6 is 12.4 Å². The molecule has 1 saturated carbocycles. The van der Waals surface area contributed by atoms with Crippen molar-refractivity contribution in [1.29, 1.82) is 0 Å². The molecule has 1 aliphatic carbocycles. The molecule has 0 saturated heterocycles. The molecule has 124 valence electrons. The number of carbonyl (C=O) groups excluding carboxylic acids is 1. The van der Waals surface area contributed by atoms with Gasteiger partial charge in [0.2, 0.25) is 5.91 Å². The van der Waals surface area contributed by atoms with Gasteiger partial charge in [0.05, 0.1) is 18.6 Å². The third-order valence-electron chi connectivity index (χ3n) is 3.59. The molecule has 4 N–H and O–H groups in total. The molecule has 7 nitrogen and oxygen atoms in total. The molecular weight excluding hydrogens is 318 g/mol. The predicted octanol–water partition coefficient (Wildman–Crippen LogP) is 1.72. The Labute approximate surface area is 140 Å². The summed E-state index contributed by atoms with van der Waals surface area (Å²) < 4.78 is 5.42. The molecule has 2 unspecified atom stereocenters. The maximum absolute atomic E-state index is 12.0. The minimum absolute atomic E-state index is 0. The Morgan fingerprint density at radius 3 is 2.78 bits per heavy atom. The van der Waals surface area contributed by atoms with E-state index in [0.717, 1.165) is 17.7 Å².